The monoisotopic (exact) mass is 424 g/mol. The predicted molar refractivity (Wildman–Crippen MR) is 103 cm³/mol. The smallest absolute Gasteiger partial charge is 0.289 e. The van der Waals surface area contributed by atoms with Gasteiger partial charge in [-0.1, -0.05) is 0 Å². The molecule has 0 aromatic carbocycles. The number of nitrogens with zero attached hydrogens (tertiary/aromatic N) is 3. The van der Waals surface area contributed by atoms with Crippen LogP contribution < -0.4 is 5.32 Å². The van der Waals surface area contributed by atoms with Crippen LogP contribution in [0.25, 0.3) is 0 Å². The van der Waals surface area contributed by atoms with Gasteiger partial charge in [-0.05, 0) is 47.1 Å². The first-order chi connectivity index (χ1) is 12.2. The Balaban J connectivity index is 1.59. The van der Waals surface area contributed by atoms with E-state index in [4.69, 9.17) is 9.41 Å². The fourth-order valence-electron chi connectivity index (χ4n) is 2.69. The molecule has 8 heteroatoms. The van der Waals surface area contributed by atoms with Gasteiger partial charge in [0.2, 0.25) is 0 Å². The Bertz CT molecular complexity index is 721. The lowest BCUT2D eigenvalue weighted by Crippen LogP contribution is -2.53. The predicted octanol–water partition coefficient (Wildman–Crippen LogP) is 3.03. The highest BCUT2D eigenvalue weighted by Gasteiger charge is 2.25. The third kappa shape index (κ3) is 4.64. The fraction of sp³-hybridized carbons (Fsp3) is 0.412. The van der Waals surface area contributed by atoms with Crippen LogP contribution in [0.4, 0.5) is 0 Å². The minimum Gasteiger partial charge on any atom is -0.459 e. The molecule has 3 rings (SSSR count). The summed E-state index contributed by atoms with van der Waals surface area (Å²) in [7, 11) is 0. The summed E-state index contributed by atoms with van der Waals surface area (Å²) in [5, 5.41) is 3.35. The molecular formula is C17H21BrN4O2S. The zero-order valence-electron chi connectivity index (χ0n) is 14.1. The van der Waals surface area contributed by atoms with E-state index in [2.05, 4.69) is 39.1 Å². The van der Waals surface area contributed by atoms with E-state index < -0.39 is 0 Å². The molecule has 1 aliphatic heterocycles. The summed E-state index contributed by atoms with van der Waals surface area (Å²) >= 11 is 5.18. The number of hydrogen-bond donors (Lipinski definition) is 1. The van der Waals surface area contributed by atoms with Crippen molar-refractivity contribution in [3.8, 4) is 0 Å². The fourth-order valence-corrected chi connectivity index (χ4v) is 4.10. The van der Waals surface area contributed by atoms with Crippen molar-refractivity contribution in [1.29, 1.82) is 0 Å². The minimum absolute atomic E-state index is 0.0463. The van der Waals surface area contributed by atoms with Crippen LogP contribution in [0.3, 0.4) is 0 Å². The molecule has 0 aliphatic carbocycles. The molecule has 3 heterocycles. The van der Waals surface area contributed by atoms with Crippen LogP contribution in [0.2, 0.25) is 0 Å². The maximum absolute atomic E-state index is 12.3. The second kappa shape index (κ2) is 8.53. The maximum Gasteiger partial charge on any atom is 0.289 e. The Hall–Kier alpha value is -1.80. The van der Waals surface area contributed by atoms with E-state index in [1.54, 1.807) is 23.5 Å². The van der Waals surface area contributed by atoms with Gasteiger partial charge in [-0.2, -0.15) is 0 Å². The summed E-state index contributed by atoms with van der Waals surface area (Å²) in [6.45, 7) is 6.37. The molecule has 25 heavy (non-hydrogen) atoms. The number of furan rings is 1. The van der Waals surface area contributed by atoms with Crippen molar-refractivity contribution in [2.75, 3.05) is 32.7 Å². The number of nitrogens with one attached hydrogen (secondary N) is 1. The zero-order valence-corrected chi connectivity index (χ0v) is 16.5. The molecule has 1 aliphatic rings. The summed E-state index contributed by atoms with van der Waals surface area (Å²) < 4.78 is 6.33. The number of aliphatic imine (C=N–C) groups is 1. The highest BCUT2D eigenvalue weighted by molar-refractivity contribution is 9.11. The number of carbonyl (C=O) groups is 1. The van der Waals surface area contributed by atoms with Gasteiger partial charge in [0.05, 0.1) is 16.6 Å². The zero-order chi connectivity index (χ0) is 17.6. The number of halogens is 1. The van der Waals surface area contributed by atoms with Gasteiger partial charge in [-0.25, -0.2) is 4.99 Å². The van der Waals surface area contributed by atoms with Crippen LogP contribution in [0.15, 0.2) is 43.7 Å². The molecule has 1 saturated heterocycles. The van der Waals surface area contributed by atoms with Crippen molar-refractivity contribution in [1.82, 2.24) is 15.1 Å². The highest BCUT2D eigenvalue weighted by Crippen LogP contribution is 2.22. The number of piperazine rings is 1. The molecule has 0 unspecified atom stereocenters. The van der Waals surface area contributed by atoms with Gasteiger partial charge in [0, 0.05) is 37.6 Å². The molecule has 2 aromatic heterocycles. The third-order valence-corrected chi connectivity index (χ3v) is 5.56. The number of guanidine groups is 1. The van der Waals surface area contributed by atoms with E-state index >= 15 is 0 Å². The molecule has 0 saturated carbocycles. The average molecular weight is 425 g/mol. The molecule has 0 radical (unpaired) electrons. The molecule has 134 valence electrons. The summed E-state index contributed by atoms with van der Waals surface area (Å²) in [4.78, 5) is 22.3. The van der Waals surface area contributed by atoms with Crippen LogP contribution in [0.5, 0.6) is 0 Å². The quantitative estimate of drug-likeness (QED) is 0.605. The molecule has 1 fully saturated rings. The van der Waals surface area contributed by atoms with Gasteiger partial charge in [-0.15, -0.1) is 11.3 Å². The first kappa shape index (κ1) is 18.0. The SMILES string of the molecule is CCNC(=NCc1ccc(Br)s1)N1CCN(C(=O)c2ccco2)CC1. The Morgan fingerprint density at radius 1 is 1.28 bits per heavy atom. The topological polar surface area (TPSA) is 61.1 Å². The van der Waals surface area contributed by atoms with E-state index in [9.17, 15) is 4.79 Å². The number of thiophene rings is 1. The minimum atomic E-state index is -0.0463. The van der Waals surface area contributed by atoms with Gasteiger partial charge in [0.1, 0.15) is 0 Å². The van der Waals surface area contributed by atoms with Gasteiger partial charge in [0.25, 0.3) is 5.91 Å². The molecule has 0 bridgehead atoms. The number of hydrogen-bond acceptors (Lipinski definition) is 4. The van der Waals surface area contributed by atoms with Crippen LogP contribution in [0, 0.1) is 0 Å². The highest BCUT2D eigenvalue weighted by atomic mass is 79.9. The first-order valence-corrected chi connectivity index (χ1v) is 9.88. The van der Waals surface area contributed by atoms with Crippen molar-refractivity contribution < 1.29 is 9.21 Å². The molecule has 0 spiro atoms. The largest absolute Gasteiger partial charge is 0.459 e. The molecule has 0 atom stereocenters. The lowest BCUT2D eigenvalue weighted by atomic mass is 10.3. The number of rotatable bonds is 4. The summed E-state index contributed by atoms with van der Waals surface area (Å²) in [6.07, 6.45) is 1.53. The van der Waals surface area contributed by atoms with E-state index in [1.807, 2.05) is 11.0 Å². The Morgan fingerprint density at radius 3 is 2.64 bits per heavy atom. The standard InChI is InChI=1S/C17H21BrN4O2S/c1-2-19-17(20-12-13-5-6-15(18)25-13)22-9-7-21(8-10-22)16(23)14-4-3-11-24-14/h3-6,11H,2,7-10,12H2,1H3,(H,19,20). The average Bonchev–Trinajstić information content (AvgIpc) is 3.30. The van der Waals surface area contributed by atoms with Crippen molar-refractivity contribution in [2.24, 2.45) is 4.99 Å². The van der Waals surface area contributed by atoms with Gasteiger partial charge in [-0.3, -0.25) is 4.79 Å². The molecule has 2 aromatic rings. The van der Waals surface area contributed by atoms with Crippen LogP contribution in [0.1, 0.15) is 22.4 Å². The summed E-state index contributed by atoms with van der Waals surface area (Å²) in [6, 6.07) is 7.57. The second-order valence-corrected chi connectivity index (χ2v) is 8.18. The Labute approximate surface area is 159 Å². The van der Waals surface area contributed by atoms with E-state index in [0.29, 0.717) is 25.4 Å². The molecule has 1 N–H and O–H groups in total. The van der Waals surface area contributed by atoms with Crippen molar-refractivity contribution in [3.05, 3.63) is 45.0 Å². The summed E-state index contributed by atoms with van der Waals surface area (Å²) in [5.74, 6) is 1.25. The molecular weight excluding hydrogens is 404 g/mol. The number of amides is 1. The van der Waals surface area contributed by atoms with E-state index in [-0.39, 0.29) is 5.91 Å². The lowest BCUT2D eigenvalue weighted by molar-refractivity contribution is 0.0657. The van der Waals surface area contributed by atoms with Crippen LogP contribution in [-0.4, -0.2) is 54.4 Å². The van der Waals surface area contributed by atoms with Gasteiger partial charge in [0.15, 0.2) is 11.7 Å². The third-order valence-electron chi connectivity index (χ3n) is 3.95. The normalized spacial score (nSPS) is 15.5. The number of carbonyl (C=O) groups excluding carboxylic acids is 1. The van der Waals surface area contributed by atoms with Crippen molar-refractivity contribution >= 4 is 39.1 Å². The van der Waals surface area contributed by atoms with Crippen LogP contribution in [-0.2, 0) is 6.54 Å². The van der Waals surface area contributed by atoms with Gasteiger partial charge >= 0.3 is 0 Å². The Morgan fingerprint density at radius 2 is 2.04 bits per heavy atom. The molecule has 6 nitrogen and oxygen atoms in total. The van der Waals surface area contributed by atoms with E-state index in [0.717, 1.165) is 29.4 Å². The van der Waals surface area contributed by atoms with Crippen LogP contribution >= 0.6 is 27.3 Å². The van der Waals surface area contributed by atoms with Crippen molar-refractivity contribution in [3.63, 3.8) is 0 Å². The van der Waals surface area contributed by atoms with Gasteiger partial charge < -0.3 is 19.5 Å². The second-order valence-electron chi connectivity index (χ2n) is 5.63. The Kier molecular flexibility index (Phi) is 6.14. The van der Waals surface area contributed by atoms with Crippen molar-refractivity contribution in [2.45, 2.75) is 13.5 Å². The molecule has 1 amide bonds. The lowest BCUT2D eigenvalue weighted by Gasteiger charge is -2.36. The van der Waals surface area contributed by atoms with E-state index in [1.165, 1.54) is 11.1 Å². The summed E-state index contributed by atoms with van der Waals surface area (Å²) in [5.41, 5.74) is 0. The first-order valence-electron chi connectivity index (χ1n) is 8.27. The maximum atomic E-state index is 12.3.